The molecule has 1 aliphatic heterocycles. The van der Waals surface area contributed by atoms with Crippen LogP contribution in [0.4, 0.5) is 11.7 Å². The molecule has 0 spiro atoms. The van der Waals surface area contributed by atoms with Gasteiger partial charge >= 0.3 is 0 Å². The smallest absolute Gasteiger partial charge is 0.298 e. The van der Waals surface area contributed by atoms with Crippen LogP contribution in [-0.4, -0.2) is 4.98 Å². The van der Waals surface area contributed by atoms with Crippen molar-refractivity contribution in [1.29, 1.82) is 0 Å². The van der Waals surface area contributed by atoms with Crippen LogP contribution >= 0.6 is 0 Å². The van der Waals surface area contributed by atoms with Crippen molar-refractivity contribution in [2.45, 2.75) is 13.1 Å². The van der Waals surface area contributed by atoms with E-state index in [0.29, 0.717) is 11.7 Å². The molecule has 0 saturated carbocycles. The molecule has 0 amide bonds. The molecule has 4 rings (SSSR count). The third kappa shape index (κ3) is 1.64. The molecule has 0 aliphatic carbocycles. The van der Waals surface area contributed by atoms with E-state index in [0.717, 1.165) is 24.2 Å². The first-order valence-corrected chi connectivity index (χ1v) is 6.27. The van der Waals surface area contributed by atoms with Gasteiger partial charge in [0.15, 0.2) is 5.58 Å². The molecule has 4 nitrogen and oxygen atoms in total. The Kier molecular flexibility index (Phi) is 2.06. The Labute approximate surface area is 110 Å². The largest absolute Gasteiger partial charge is 0.423 e. The molecule has 2 aromatic carbocycles. The summed E-state index contributed by atoms with van der Waals surface area (Å²) in [6.07, 6.45) is 0. The number of nitrogen functional groups attached to an aromatic ring is 1. The maximum Gasteiger partial charge on any atom is 0.298 e. The summed E-state index contributed by atoms with van der Waals surface area (Å²) in [5, 5.41) is 0. The van der Waals surface area contributed by atoms with Crippen LogP contribution in [0, 0.1) is 0 Å². The Morgan fingerprint density at radius 3 is 2.53 bits per heavy atom. The highest BCUT2D eigenvalue weighted by atomic mass is 16.4. The van der Waals surface area contributed by atoms with Crippen molar-refractivity contribution in [3.63, 3.8) is 0 Å². The highest BCUT2D eigenvalue weighted by Crippen LogP contribution is 2.30. The topological polar surface area (TPSA) is 55.3 Å². The number of rotatable bonds is 1. The standard InChI is InChI=1S/C15H13N3O/c16-12-5-6-13-14(7-12)19-15(17-13)18-8-10-3-1-2-4-11(10)9-18/h1-7H,8-9,16H2. The van der Waals surface area contributed by atoms with Gasteiger partial charge in [-0.3, -0.25) is 0 Å². The van der Waals surface area contributed by atoms with Crippen molar-refractivity contribution >= 4 is 22.8 Å². The van der Waals surface area contributed by atoms with Gasteiger partial charge in [-0.15, -0.1) is 0 Å². The molecular weight excluding hydrogens is 238 g/mol. The number of aromatic nitrogens is 1. The average Bonchev–Trinajstić information content (AvgIpc) is 3.00. The molecule has 0 unspecified atom stereocenters. The fourth-order valence-electron chi connectivity index (χ4n) is 2.53. The zero-order valence-corrected chi connectivity index (χ0v) is 10.3. The summed E-state index contributed by atoms with van der Waals surface area (Å²) in [5.74, 6) is 0. The summed E-state index contributed by atoms with van der Waals surface area (Å²) < 4.78 is 5.80. The maximum atomic E-state index is 5.80. The normalized spacial score (nSPS) is 14.0. The SMILES string of the molecule is Nc1ccc2nc(N3Cc4ccccc4C3)oc2c1. The average molecular weight is 251 g/mol. The van der Waals surface area contributed by atoms with E-state index >= 15 is 0 Å². The van der Waals surface area contributed by atoms with Gasteiger partial charge in [-0.05, 0) is 23.3 Å². The lowest BCUT2D eigenvalue weighted by Gasteiger charge is -2.10. The Bertz CT molecular complexity index is 738. The third-order valence-electron chi connectivity index (χ3n) is 3.51. The number of hydrogen-bond acceptors (Lipinski definition) is 4. The Morgan fingerprint density at radius 2 is 1.79 bits per heavy atom. The van der Waals surface area contributed by atoms with E-state index in [4.69, 9.17) is 10.2 Å². The monoisotopic (exact) mass is 251 g/mol. The van der Waals surface area contributed by atoms with Gasteiger partial charge in [-0.25, -0.2) is 0 Å². The summed E-state index contributed by atoms with van der Waals surface area (Å²) in [7, 11) is 0. The molecule has 4 heteroatoms. The zero-order valence-electron chi connectivity index (χ0n) is 10.3. The highest BCUT2D eigenvalue weighted by Gasteiger charge is 2.22. The molecule has 0 atom stereocenters. The van der Waals surface area contributed by atoms with E-state index < -0.39 is 0 Å². The van der Waals surface area contributed by atoms with Crippen LogP contribution in [0.2, 0.25) is 0 Å². The number of fused-ring (bicyclic) bond motifs is 2. The molecule has 3 aromatic rings. The van der Waals surface area contributed by atoms with E-state index in [1.165, 1.54) is 11.1 Å². The fourth-order valence-corrected chi connectivity index (χ4v) is 2.53. The molecule has 0 fully saturated rings. The second-order valence-corrected chi connectivity index (χ2v) is 4.85. The van der Waals surface area contributed by atoms with Crippen molar-refractivity contribution in [3.8, 4) is 0 Å². The van der Waals surface area contributed by atoms with Crippen LogP contribution in [0.25, 0.3) is 11.1 Å². The van der Waals surface area contributed by atoms with Gasteiger partial charge < -0.3 is 15.1 Å². The van der Waals surface area contributed by atoms with Gasteiger partial charge in [0.25, 0.3) is 6.01 Å². The minimum absolute atomic E-state index is 0.664. The van der Waals surface area contributed by atoms with Crippen LogP contribution in [0.3, 0.4) is 0 Å². The van der Waals surface area contributed by atoms with Crippen molar-refractivity contribution in [3.05, 3.63) is 53.6 Å². The lowest BCUT2D eigenvalue weighted by Crippen LogP contribution is -2.14. The molecule has 2 N–H and O–H groups in total. The van der Waals surface area contributed by atoms with E-state index in [1.54, 1.807) is 0 Å². The van der Waals surface area contributed by atoms with E-state index in [1.807, 2.05) is 18.2 Å². The van der Waals surface area contributed by atoms with E-state index in [9.17, 15) is 0 Å². The minimum atomic E-state index is 0.664. The lowest BCUT2D eigenvalue weighted by molar-refractivity contribution is 0.573. The van der Waals surface area contributed by atoms with Crippen molar-refractivity contribution < 1.29 is 4.42 Å². The summed E-state index contributed by atoms with van der Waals surface area (Å²) >= 11 is 0. The molecule has 0 radical (unpaired) electrons. The molecule has 0 saturated heterocycles. The maximum absolute atomic E-state index is 5.80. The summed E-state index contributed by atoms with van der Waals surface area (Å²) in [5.41, 5.74) is 10.7. The number of nitrogens with zero attached hydrogens (tertiary/aromatic N) is 2. The number of nitrogens with two attached hydrogens (primary N) is 1. The first-order valence-electron chi connectivity index (χ1n) is 6.27. The first-order chi connectivity index (χ1) is 9.29. The molecular formula is C15H13N3O. The number of anilines is 2. The van der Waals surface area contributed by atoms with Crippen LogP contribution in [-0.2, 0) is 13.1 Å². The van der Waals surface area contributed by atoms with Gasteiger partial charge in [0, 0.05) is 24.8 Å². The Hall–Kier alpha value is -2.49. The minimum Gasteiger partial charge on any atom is -0.423 e. The quantitative estimate of drug-likeness (QED) is 0.676. The van der Waals surface area contributed by atoms with Crippen LogP contribution in [0.5, 0.6) is 0 Å². The highest BCUT2D eigenvalue weighted by molar-refractivity contribution is 5.78. The predicted molar refractivity (Wildman–Crippen MR) is 74.8 cm³/mol. The number of hydrogen-bond donors (Lipinski definition) is 1. The van der Waals surface area contributed by atoms with Gasteiger partial charge in [0.05, 0.1) is 0 Å². The zero-order chi connectivity index (χ0) is 12.8. The van der Waals surface area contributed by atoms with Gasteiger partial charge in [-0.2, -0.15) is 4.98 Å². The Balaban J connectivity index is 1.73. The predicted octanol–water partition coefficient (Wildman–Crippen LogP) is 2.93. The van der Waals surface area contributed by atoms with Crippen molar-refractivity contribution in [2.75, 3.05) is 10.6 Å². The second-order valence-electron chi connectivity index (χ2n) is 4.85. The summed E-state index contributed by atoms with van der Waals surface area (Å²) in [4.78, 5) is 6.66. The molecule has 1 aromatic heterocycles. The van der Waals surface area contributed by atoms with Crippen molar-refractivity contribution in [1.82, 2.24) is 4.98 Å². The fraction of sp³-hybridized carbons (Fsp3) is 0.133. The lowest BCUT2D eigenvalue weighted by atomic mass is 10.1. The molecule has 1 aliphatic rings. The molecule has 0 bridgehead atoms. The summed E-state index contributed by atoms with van der Waals surface area (Å²) in [6, 6.07) is 14.6. The van der Waals surface area contributed by atoms with Crippen molar-refractivity contribution in [2.24, 2.45) is 0 Å². The van der Waals surface area contributed by atoms with E-state index in [-0.39, 0.29) is 0 Å². The van der Waals surface area contributed by atoms with Crippen LogP contribution in [0.15, 0.2) is 46.9 Å². The summed E-state index contributed by atoms with van der Waals surface area (Å²) in [6.45, 7) is 1.69. The molecule has 19 heavy (non-hydrogen) atoms. The van der Waals surface area contributed by atoms with Gasteiger partial charge in [-0.1, -0.05) is 24.3 Å². The molecule has 94 valence electrons. The Morgan fingerprint density at radius 1 is 1.05 bits per heavy atom. The molecule has 2 heterocycles. The first kappa shape index (κ1) is 10.4. The number of benzene rings is 2. The van der Waals surface area contributed by atoms with Gasteiger partial charge in [0.1, 0.15) is 5.52 Å². The number of oxazole rings is 1. The van der Waals surface area contributed by atoms with Crippen LogP contribution in [0.1, 0.15) is 11.1 Å². The van der Waals surface area contributed by atoms with E-state index in [2.05, 4.69) is 34.1 Å². The second kappa shape index (κ2) is 3.75. The van der Waals surface area contributed by atoms with Gasteiger partial charge in [0.2, 0.25) is 0 Å². The van der Waals surface area contributed by atoms with Crippen LogP contribution < -0.4 is 10.6 Å². The third-order valence-corrected chi connectivity index (χ3v) is 3.51.